The predicted octanol–water partition coefficient (Wildman–Crippen LogP) is 1.26. The first-order valence-corrected chi connectivity index (χ1v) is 11.7. The van der Waals surface area contributed by atoms with Crippen molar-refractivity contribution < 1.29 is 22.7 Å². The van der Waals surface area contributed by atoms with Crippen LogP contribution in [0.4, 0.5) is 5.82 Å². The number of amides is 1. The number of hydrogen-bond acceptors (Lipinski definition) is 7. The molecule has 0 aliphatic carbocycles. The molecule has 3 heterocycles. The highest BCUT2D eigenvalue weighted by molar-refractivity contribution is 7.91. The van der Waals surface area contributed by atoms with E-state index in [1.807, 2.05) is 12.1 Å². The zero-order valence-electron chi connectivity index (χ0n) is 17.1. The standard InChI is InChI=1S/C20H26N4O5S/c1-28-17-9-14-4-7-23(11-15(14)10-18(17)29-2)12-20(25)22-19-3-6-21-24(19)16-5-8-30(26,27)13-16/h3,6,9-10,16H,4-5,7-8,11-13H2,1-2H3,(H,22,25)/t16-/m0/s1. The van der Waals surface area contributed by atoms with Gasteiger partial charge in [-0.05, 0) is 36.1 Å². The van der Waals surface area contributed by atoms with Gasteiger partial charge in [0.1, 0.15) is 5.82 Å². The van der Waals surface area contributed by atoms with Crippen molar-refractivity contribution in [2.75, 3.05) is 44.1 Å². The van der Waals surface area contributed by atoms with Gasteiger partial charge in [-0.2, -0.15) is 5.10 Å². The van der Waals surface area contributed by atoms with Crippen LogP contribution in [0, 0.1) is 0 Å². The summed E-state index contributed by atoms with van der Waals surface area (Å²) in [5.74, 6) is 1.99. The molecule has 162 valence electrons. The summed E-state index contributed by atoms with van der Waals surface area (Å²) in [7, 11) is 0.199. The SMILES string of the molecule is COc1cc2c(cc1OC)CN(CC(=O)Nc1ccnn1[C@H]1CCS(=O)(=O)C1)CC2. The number of sulfone groups is 1. The number of hydrogen-bond donors (Lipinski definition) is 1. The molecular formula is C20H26N4O5S. The number of nitrogens with one attached hydrogen (secondary N) is 1. The molecule has 1 amide bonds. The maximum Gasteiger partial charge on any atom is 0.239 e. The largest absolute Gasteiger partial charge is 0.493 e. The van der Waals surface area contributed by atoms with Crippen LogP contribution in [0.25, 0.3) is 0 Å². The summed E-state index contributed by atoms with van der Waals surface area (Å²) < 4.78 is 35.9. The van der Waals surface area contributed by atoms with E-state index in [0.29, 0.717) is 30.3 Å². The molecule has 0 unspecified atom stereocenters. The topological polar surface area (TPSA) is 103 Å². The van der Waals surface area contributed by atoms with Crippen LogP contribution in [0.5, 0.6) is 11.5 Å². The van der Waals surface area contributed by atoms with Crippen molar-refractivity contribution in [1.29, 1.82) is 0 Å². The lowest BCUT2D eigenvalue weighted by atomic mass is 9.99. The Morgan fingerprint density at radius 2 is 1.97 bits per heavy atom. The highest BCUT2D eigenvalue weighted by Gasteiger charge is 2.31. The van der Waals surface area contributed by atoms with E-state index in [1.54, 1.807) is 31.2 Å². The summed E-state index contributed by atoms with van der Waals surface area (Å²) in [6, 6.07) is 5.43. The Kier molecular flexibility index (Phi) is 5.70. The second-order valence-electron chi connectivity index (χ2n) is 7.70. The average Bonchev–Trinajstić information content (AvgIpc) is 3.32. The summed E-state index contributed by atoms with van der Waals surface area (Å²) in [5, 5.41) is 7.11. The van der Waals surface area contributed by atoms with E-state index >= 15 is 0 Å². The summed E-state index contributed by atoms with van der Waals surface area (Å²) >= 11 is 0. The molecule has 1 aromatic carbocycles. The Bertz CT molecular complexity index is 1050. The highest BCUT2D eigenvalue weighted by atomic mass is 32.2. The van der Waals surface area contributed by atoms with E-state index in [9.17, 15) is 13.2 Å². The van der Waals surface area contributed by atoms with E-state index in [0.717, 1.165) is 18.5 Å². The van der Waals surface area contributed by atoms with Crippen LogP contribution in [0.3, 0.4) is 0 Å². The third-order valence-electron chi connectivity index (χ3n) is 5.66. The smallest absolute Gasteiger partial charge is 0.239 e. The van der Waals surface area contributed by atoms with E-state index in [1.165, 1.54) is 5.56 Å². The molecule has 0 bridgehead atoms. The van der Waals surface area contributed by atoms with Gasteiger partial charge in [0, 0.05) is 19.2 Å². The molecule has 1 saturated heterocycles. The number of methoxy groups -OCH3 is 2. The monoisotopic (exact) mass is 434 g/mol. The summed E-state index contributed by atoms with van der Waals surface area (Å²) in [6.07, 6.45) is 2.92. The minimum Gasteiger partial charge on any atom is -0.493 e. The number of ether oxygens (including phenoxy) is 2. The molecule has 4 rings (SSSR count). The first-order chi connectivity index (χ1) is 14.4. The Morgan fingerprint density at radius 3 is 2.63 bits per heavy atom. The molecule has 2 aromatic rings. The number of carbonyl (C=O) groups excluding carboxylic acids is 1. The van der Waals surface area contributed by atoms with Crippen molar-refractivity contribution in [2.45, 2.75) is 25.4 Å². The Balaban J connectivity index is 1.40. The second kappa shape index (κ2) is 8.27. The van der Waals surface area contributed by atoms with Crippen LogP contribution in [-0.4, -0.2) is 67.8 Å². The van der Waals surface area contributed by atoms with Crippen molar-refractivity contribution in [1.82, 2.24) is 14.7 Å². The van der Waals surface area contributed by atoms with Crippen molar-refractivity contribution in [3.63, 3.8) is 0 Å². The number of aromatic nitrogens is 2. The average molecular weight is 435 g/mol. The van der Waals surface area contributed by atoms with Gasteiger partial charge in [0.05, 0.1) is 44.5 Å². The molecule has 0 radical (unpaired) electrons. The molecule has 1 aromatic heterocycles. The fraction of sp³-hybridized carbons (Fsp3) is 0.500. The van der Waals surface area contributed by atoms with Crippen LogP contribution in [0.1, 0.15) is 23.6 Å². The Labute approximate surface area is 175 Å². The van der Waals surface area contributed by atoms with Crippen molar-refractivity contribution in [3.05, 3.63) is 35.5 Å². The summed E-state index contributed by atoms with van der Waals surface area (Å²) in [5.41, 5.74) is 2.32. The van der Waals surface area contributed by atoms with Crippen LogP contribution >= 0.6 is 0 Å². The first-order valence-electron chi connectivity index (χ1n) is 9.88. The molecular weight excluding hydrogens is 408 g/mol. The Hall–Kier alpha value is -2.59. The zero-order chi connectivity index (χ0) is 21.3. The molecule has 0 spiro atoms. The van der Waals surface area contributed by atoms with Gasteiger partial charge in [-0.1, -0.05) is 0 Å². The van der Waals surface area contributed by atoms with Gasteiger partial charge >= 0.3 is 0 Å². The van der Waals surface area contributed by atoms with E-state index < -0.39 is 9.84 Å². The zero-order valence-corrected chi connectivity index (χ0v) is 17.9. The predicted molar refractivity (Wildman–Crippen MR) is 112 cm³/mol. The van der Waals surface area contributed by atoms with Gasteiger partial charge in [0.2, 0.25) is 5.91 Å². The van der Waals surface area contributed by atoms with Crippen molar-refractivity contribution in [3.8, 4) is 11.5 Å². The van der Waals surface area contributed by atoms with Crippen LogP contribution in [-0.2, 0) is 27.6 Å². The van der Waals surface area contributed by atoms with Gasteiger partial charge in [0.25, 0.3) is 0 Å². The lowest BCUT2D eigenvalue weighted by Crippen LogP contribution is -2.37. The maximum atomic E-state index is 12.7. The Morgan fingerprint density at radius 1 is 1.23 bits per heavy atom. The molecule has 1 fully saturated rings. The number of rotatable bonds is 6. The van der Waals surface area contributed by atoms with Crippen LogP contribution in [0.15, 0.2) is 24.4 Å². The minimum atomic E-state index is -3.03. The number of benzene rings is 1. The fourth-order valence-electron chi connectivity index (χ4n) is 4.13. The second-order valence-corrected chi connectivity index (χ2v) is 9.93. The molecule has 10 heteroatoms. The van der Waals surface area contributed by atoms with E-state index in [-0.39, 0.29) is 30.0 Å². The molecule has 2 aliphatic rings. The molecule has 1 atom stereocenters. The molecule has 2 aliphatic heterocycles. The quantitative estimate of drug-likeness (QED) is 0.730. The maximum absolute atomic E-state index is 12.7. The number of nitrogens with zero attached hydrogens (tertiary/aromatic N) is 3. The third kappa shape index (κ3) is 4.29. The molecule has 30 heavy (non-hydrogen) atoms. The third-order valence-corrected chi connectivity index (χ3v) is 7.41. The van der Waals surface area contributed by atoms with Crippen molar-refractivity contribution in [2.24, 2.45) is 0 Å². The van der Waals surface area contributed by atoms with Gasteiger partial charge < -0.3 is 14.8 Å². The number of anilines is 1. The molecule has 9 nitrogen and oxygen atoms in total. The van der Waals surface area contributed by atoms with Crippen LogP contribution < -0.4 is 14.8 Å². The minimum absolute atomic E-state index is 0.0613. The highest BCUT2D eigenvalue weighted by Crippen LogP contribution is 2.33. The van der Waals surface area contributed by atoms with Gasteiger partial charge in [-0.3, -0.25) is 9.69 Å². The summed E-state index contributed by atoms with van der Waals surface area (Å²) in [4.78, 5) is 14.7. The number of carbonyl (C=O) groups is 1. The summed E-state index contributed by atoms with van der Waals surface area (Å²) in [6.45, 7) is 1.64. The lowest BCUT2D eigenvalue weighted by molar-refractivity contribution is -0.117. The van der Waals surface area contributed by atoms with Gasteiger partial charge in [-0.15, -0.1) is 0 Å². The normalized spacial score (nSPS) is 20.5. The van der Waals surface area contributed by atoms with Crippen molar-refractivity contribution >= 4 is 21.6 Å². The number of fused-ring (bicyclic) bond motifs is 1. The van der Waals surface area contributed by atoms with E-state index in [2.05, 4.69) is 15.3 Å². The first kappa shape index (κ1) is 20.7. The lowest BCUT2D eigenvalue weighted by Gasteiger charge is -2.29. The van der Waals surface area contributed by atoms with E-state index in [4.69, 9.17) is 9.47 Å². The molecule has 1 N–H and O–H groups in total. The fourth-order valence-corrected chi connectivity index (χ4v) is 5.83. The van der Waals surface area contributed by atoms with Crippen LogP contribution in [0.2, 0.25) is 0 Å². The molecule has 0 saturated carbocycles. The van der Waals surface area contributed by atoms with Gasteiger partial charge in [0.15, 0.2) is 21.3 Å². The van der Waals surface area contributed by atoms with Gasteiger partial charge in [-0.25, -0.2) is 13.1 Å².